The van der Waals surface area contributed by atoms with Crippen molar-refractivity contribution < 1.29 is 0 Å². The molecule has 2 unspecified atom stereocenters. The lowest BCUT2D eigenvalue weighted by atomic mass is 10.0. The number of imidazole rings is 1. The van der Waals surface area contributed by atoms with Crippen LogP contribution in [-0.2, 0) is 19.4 Å². The van der Waals surface area contributed by atoms with Crippen LogP contribution in [0.15, 0.2) is 36.9 Å². The number of fused-ring (bicyclic) bond motifs is 1. The molecule has 0 amide bonds. The summed E-state index contributed by atoms with van der Waals surface area (Å²) in [7, 11) is 0. The van der Waals surface area contributed by atoms with Crippen LogP contribution in [0.2, 0.25) is 0 Å². The van der Waals surface area contributed by atoms with Crippen molar-refractivity contribution >= 4 is 0 Å². The van der Waals surface area contributed by atoms with Crippen molar-refractivity contribution in [3.05, 3.63) is 53.6 Å². The first-order valence-electron chi connectivity index (χ1n) is 7.56. The van der Waals surface area contributed by atoms with E-state index in [4.69, 9.17) is 0 Å². The number of aromatic nitrogens is 2. The molecule has 1 aromatic carbocycles. The second kappa shape index (κ2) is 5.80. The summed E-state index contributed by atoms with van der Waals surface area (Å²) in [5, 5.41) is 3.68. The zero-order valence-corrected chi connectivity index (χ0v) is 12.3. The summed E-state index contributed by atoms with van der Waals surface area (Å²) in [4.78, 5) is 4.09. The zero-order chi connectivity index (χ0) is 13.9. The average molecular weight is 269 g/mol. The van der Waals surface area contributed by atoms with Gasteiger partial charge in [-0.1, -0.05) is 18.2 Å². The van der Waals surface area contributed by atoms with Gasteiger partial charge < -0.3 is 9.88 Å². The Bertz CT molecular complexity index is 560. The molecule has 1 N–H and O–H groups in total. The van der Waals surface area contributed by atoms with Gasteiger partial charge in [-0.25, -0.2) is 4.98 Å². The third-order valence-electron chi connectivity index (χ3n) is 4.20. The number of nitrogens with zero attached hydrogens (tertiary/aromatic N) is 2. The zero-order valence-electron chi connectivity index (χ0n) is 12.3. The highest BCUT2D eigenvalue weighted by molar-refractivity contribution is 5.36. The van der Waals surface area contributed by atoms with Crippen molar-refractivity contribution in [1.82, 2.24) is 14.9 Å². The Morgan fingerprint density at radius 2 is 2.10 bits per heavy atom. The van der Waals surface area contributed by atoms with Crippen LogP contribution in [-0.4, -0.2) is 15.6 Å². The molecule has 0 fully saturated rings. The molecule has 3 heteroatoms. The summed E-state index contributed by atoms with van der Waals surface area (Å²) in [5.41, 5.74) is 4.51. The maximum absolute atomic E-state index is 4.09. The minimum Gasteiger partial charge on any atom is -0.336 e. The van der Waals surface area contributed by atoms with Crippen LogP contribution >= 0.6 is 0 Å². The van der Waals surface area contributed by atoms with E-state index in [1.807, 2.05) is 18.7 Å². The van der Waals surface area contributed by atoms with Crippen LogP contribution in [0.5, 0.6) is 0 Å². The fourth-order valence-electron chi connectivity index (χ4n) is 3.15. The Kier molecular flexibility index (Phi) is 3.88. The van der Waals surface area contributed by atoms with Crippen LogP contribution in [0.1, 0.15) is 43.0 Å². The standard InChI is InChI=1S/C17H23N3/c1-13(11-20-9-8-18-12-20)19-14(2)16-7-6-15-4-3-5-17(15)10-16/h6-10,12-14,19H,3-5,11H2,1-2H3. The van der Waals surface area contributed by atoms with Crippen LogP contribution in [0.25, 0.3) is 0 Å². The normalized spacial score (nSPS) is 16.9. The lowest BCUT2D eigenvalue weighted by molar-refractivity contribution is 0.430. The maximum atomic E-state index is 4.09. The molecule has 0 radical (unpaired) electrons. The molecular formula is C17H23N3. The quantitative estimate of drug-likeness (QED) is 0.904. The Balaban J connectivity index is 1.62. The van der Waals surface area contributed by atoms with Gasteiger partial charge >= 0.3 is 0 Å². The van der Waals surface area contributed by atoms with E-state index in [0.29, 0.717) is 12.1 Å². The van der Waals surface area contributed by atoms with Crippen molar-refractivity contribution in [2.75, 3.05) is 0 Å². The smallest absolute Gasteiger partial charge is 0.0946 e. The first-order valence-corrected chi connectivity index (χ1v) is 7.56. The number of hydrogen-bond acceptors (Lipinski definition) is 2. The fourth-order valence-corrected chi connectivity index (χ4v) is 3.15. The fraction of sp³-hybridized carbons (Fsp3) is 0.471. The molecule has 20 heavy (non-hydrogen) atoms. The van der Waals surface area contributed by atoms with Crippen molar-refractivity contribution in [3.63, 3.8) is 0 Å². The summed E-state index contributed by atoms with van der Waals surface area (Å²) in [5.74, 6) is 0. The number of hydrogen-bond donors (Lipinski definition) is 1. The molecule has 3 nitrogen and oxygen atoms in total. The molecule has 0 spiro atoms. The summed E-state index contributed by atoms with van der Waals surface area (Å²) in [6, 6.07) is 7.80. The van der Waals surface area contributed by atoms with Gasteiger partial charge in [0.15, 0.2) is 0 Å². The van der Waals surface area contributed by atoms with E-state index in [9.17, 15) is 0 Å². The molecular weight excluding hydrogens is 246 g/mol. The Hall–Kier alpha value is -1.61. The largest absolute Gasteiger partial charge is 0.336 e. The number of rotatable bonds is 5. The Morgan fingerprint density at radius 3 is 2.90 bits per heavy atom. The monoisotopic (exact) mass is 269 g/mol. The molecule has 1 aliphatic carbocycles. The van der Waals surface area contributed by atoms with Crippen molar-refractivity contribution in [2.24, 2.45) is 0 Å². The first-order chi connectivity index (χ1) is 9.72. The van der Waals surface area contributed by atoms with Crippen molar-refractivity contribution in [1.29, 1.82) is 0 Å². The highest BCUT2D eigenvalue weighted by atomic mass is 15.1. The molecule has 1 heterocycles. The lowest BCUT2D eigenvalue weighted by Gasteiger charge is -2.21. The van der Waals surface area contributed by atoms with Gasteiger partial charge in [-0.05, 0) is 49.8 Å². The number of nitrogens with one attached hydrogen (secondary N) is 1. The second-order valence-electron chi connectivity index (χ2n) is 5.93. The van der Waals surface area contributed by atoms with Crippen molar-refractivity contribution in [3.8, 4) is 0 Å². The summed E-state index contributed by atoms with van der Waals surface area (Å²) in [6.45, 7) is 5.43. The molecule has 0 aliphatic heterocycles. The van der Waals surface area contributed by atoms with E-state index in [1.54, 1.807) is 11.1 Å². The highest BCUT2D eigenvalue weighted by Gasteiger charge is 2.14. The Morgan fingerprint density at radius 1 is 1.25 bits per heavy atom. The van der Waals surface area contributed by atoms with Crippen molar-refractivity contribution in [2.45, 2.75) is 51.7 Å². The highest BCUT2D eigenvalue weighted by Crippen LogP contribution is 2.25. The van der Waals surface area contributed by atoms with E-state index in [0.717, 1.165) is 6.54 Å². The minimum absolute atomic E-state index is 0.388. The van der Waals surface area contributed by atoms with E-state index in [2.05, 4.69) is 46.9 Å². The van der Waals surface area contributed by atoms with Gasteiger partial charge in [0.25, 0.3) is 0 Å². The third-order valence-corrected chi connectivity index (χ3v) is 4.20. The van der Waals surface area contributed by atoms with Gasteiger partial charge in [0.2, 0.25) is 0 Å². The summed E-state index contributed by atoms with van der Waals surface area (Å²) >= 11 is 0. The van der Waals surface area contributed by atoms with E-state index < -0.39 is 0 Å². The molecule has 0 saturated heterocycles. The third kappa shape index (κ3) is 2.93. The van der Waals surface area contributed by atoms with Gasteiger partial charge in [-0.15, -0.1) is 0 Å². The van der Waals surface area contributed by atoms with Gasteiger partial charge in [-0.3, -0.25) is 0 Å². The van der Waals surface area contributed by atoms with E-state index in [-0.39, 0.29) is 0 Å². The molecule has 3 rings (SSSR count). The predicted molar refractivity (Wildman–Crippen MR) is 81.7 cm³/mol. The van der Waals surface area contributed by atoms with Gasteiger partial charge in [-0.2, -0.15) is 0 Å². The molecule has 0 saturated carbocycles. The van der Waals surface area contributed by atoms with Gasteiger partial charge in [0.05, 0.1) is 6.33 Å². The molecule has 0 bridgehead atoms. The topological polar surface area (TPSA) is 29.9 Å². The predicted octanol–water partition coefficient (Wildman–Crippen LogP) is 3.11. The molecule has 2 aromatic rings. The van der Waals surface area contributed by atoms with Crippen LogP contribution in [0.3, 0.4) is 0 Å². The molecule has 106 valence electrons. The molecule has 1 aromatic heterocycles. The van der Waals surface area contributed by atoms with Crippen LogP contribution < -0.4 is 5.32 Å². The van der Waals surface area contributed by atoms with Gasteiger partial charge in [0, 0.05) is 31.0 Å². The van der Waals surface area contributed by atoms with E-state index in [1.165, 1.54) is 24.8 Å². The lowest BCUT2D eigenvalue weighted by Crippen LogP contribution is -2.32. The van der Waals surface area contributed by atoms with Crippen LogP contribution in [0, 0.1) is 0 Å². The average Bonchev–Trinajstić information content (AvgIpc) is 3.07. The SMILES string of the molecule is CC(Cn1ccnc1)NC(C)c1ccc2c(c1)CCC2. The minimum atomic E-state index is 0.388. The maximum Gasteiger partial charge on any atom is 0.0946 e. The summed E-state index contributed by atoms with van der Waals surface area (Å²) < 4.78 is 2.12. The molecule has 1 aliphatic rings. The van der Waals surface area contributed by atoms with E-state index >= 15 is 0 Å². The Labute approximate surface area is 121 Å². The second-order valence-corrected chi connectivity index (χ2v) is 5.93. The molecule has 2 atom stereocenters. The van der Waals surface area contributed by atoms with Gasteiger partial charge in [0.1, 0.15) is 0 Å². The first kappa shape index (κ1) is 13.4. The number of benzene rings is 1. The van der Waals surface area contributed by atoms with Crippen LogP contribution in [0.4, 0.5) is 0 Å². The number of aryl methyl sites for hydroxylation is 2. The summed E-state index contributed by atoms with van der Waals surface area (Å²) in [6.07, 6.45) is 9.54.